The van der Waals surface area contributed by atoms with Crippen LogP contribution < -0.4 is 4.74 Å². The number of fused-ring (bicyclic) bond motifs is 1. The Bertz CT molecular complexity index is 730. The Morgan fingerprint density at radius 1 is 1.25 bits per heavy atom. The smallest absolute Gasteiger partial charge is 0.231 e. The maximum Gasteiger partial charge on any atom is 0.231 e. The fourth-order valence-corrected chi connectivity index (χ4v) is 3.31. The van der Waals surface area contributed by atoms with Gasteiger partial charge < -0.3 is 9.64 Å². The lowest BCUT2D eigenvalue weighted by atomic mass is 9.97. The van der Waals surface area contributed by atoms with Crippen molar-refractivity contribution in [1.29, 1.82) is 0 Å². The van der Waals surface area contributed by atoms with Gasteiger partial charge in [0.15, 0.2) is 5.65 Å². The number of carbonyl (C=O) groups excluding carboxylic acids is 1. The van der Waals surface area contributed by atoms with Gasteiger partial charge in [-0.15, -0.1) is 5.10 Å². The monoisotopic (exact) mass is 328 g/mol. The number of likely N-dealkylation sites (tertiary alicyclic amines) is 1. The minimum Gasteiger partial charge on any atom is -0.476 e. The molecule has 0 unspecified atom stereocenters. The topological polar surface area (TPSA) is 59.7 Å². The molecule has 4 rings (SSSR count). The first-order chi connectivity index (χ1) is 11.7. The van der Waals surface area contributed by atoms with Gasteiger partial charge in [0.25, 0.3) is 0 Å². The van der Waals surface area contributed by atoms with E-state index in [1.807, 2.05) is 34.7 Å². The van der Waals surface area contributed by atoms with Crippen molar-refractivity contribution in [3.05, 3.63) is 24.0 Å². The molecule has 1 saturated carbocycles. The molecule has 128 valence electrons. The van der Waals surface area contributed by atoms with Gasteiger partial charge in [-0.25, -0.2) is 9.50 Å². The van der Waals surface area contributed by atoms with Crippen molar-refractivity contribution in [2.75, 3.05) is 19.7 Å². The Balaban J connectivity index is 1.33. The molecule has 0 spiro atoms. The van der Waals surface area contributed by atoms with Gasteiger partial charge in [-0.1, -0.05) is 6.92 Å². The minimum absolute atomic E-state index is 0.257. The SMILES string of the molecule is CCC(=O)N1CCC(COc2ccc3nc(C4CC4)cn3n2)CC1. The number of ether oxygens (including phenoxy) is 1. The Morgan fingerprint density at radius 3 is 2.75 bits per heavy atom. The summed E-state index contributed by atoms with van der Waals surface area (Å²) in [6.07, 6.45) is 7.11. The molecule has 0 radical (unpaired) electrons. The second-order valence-corrected chi connectivity index (χ2v) is 6.90. The van der Waals surface area contributed by atoms with E-state index in [1.165, 1.54) is 12.8 Å². The van der Waals surface area contributed by atoms with Gasteiger partial charge in [0.05, 0.1) is 18.5 Å². The molecule has 2 aromatic heterocycles. The van der Waals surface area contributed by atoms with Crippen LogP contribution in [0.1, 0.15) is 50.6 Å². The van der Waals surface area contributed by atoms with E-state index in [4.69, 9.17) is 4.74 Å². The van der Waals surface area contributed by atoms with Gasteiger partial charge in [-0.2, -0.15) is 0 Å². The fraction of sp³-hybridized carbons (Fsp3) is 0.611. The molecule has 2 aliphatic rings. The van der Waals surface area contributed by atoms with E-state index in [-0.39, 0.29) is 5.91 Å². The van der Waals surface area contributed by atoms with Crippen LogP contribution in [-0.2, 0) is 4.79 Å². The summed E-state index contributed by atoms with van der Waals surface area (Å²) in [6, 6.07) is 3.87. The highest BCUT2D eigenvalue weighted by atomic mass is 16.5. The van der Waals surface area contributed by atoms with E-state index in [2.05, 4.69) is 10.1 Å². The number of rotatable bonds is 5. The Morgan fingerprint density at radius 2 is 2.04 bits per heavy atom. The summed E-state index contributed by atoms with van der Waals surface area (Å²) in [5, 5.41) is 4.51. The van der Waals surface area contributed by atoms with Crippen molar-refractivity contribution in [3.63, 3.8) is 0 Å². The molecule has 0 atom stereocenters. The van der Waals surface area contributed by atoms with Gasteiger partial charge in [-0.05, 0) is 37.7 Å². The van der Waals surface area contributed by atoms with Crippen LogP contribution in [0.4, 0.5) is 0 Å². The molecule has 6 heteroatoms. The van der Waals surface area contributed by atoms with Gasteiger partial charge in [-0.3, -0.25) is 4.79 Å². The maximum absolute atomic E-state index is 11.7. The summed E-state index contributed by atoms with van der Waals surface area (Å²) in [5.41, 5.74) is 2.03. The van der Waals surface area contributed by atoms with Crippen LogP contribution in [0.5, 0.6) is 5.88 Å². The number of nitrogens with zero attached hydrogens (tertiary/aromatic N) is 4. The van der Waals surface area contributed by atoms with Crippen molar-refractivity contribution in [2.45, 2.75) is 44.9 Å². The number of amides is 1. The van der Waals surface area contributed by atoms with Crippen molar-refractivity contribution in [3.8, 4) is 5.88 Å². The summed E-state index contributed by atoms with van der Waals surface area (Å²) < 4.78 is 7.72. The predicted molar refractivity (Wildman–Crippen MR) is 90.1 cm³/mol. The summed E-state index contributed by atoms with van der Waals surface area (Å²) in [6.45, 7) is 4.28. The standard InChI is InChI=1S/C18H24N4O2/c1-2-18(23)21-9-7-13(8-10-21)12-24-17-6-5-16-19-15(14-3-4-14)11-22(16)20-17/h5-6,11,13-14H,2-4,7-10,12H2,1H3. The van der Waals surface area contributed by atoms with Crippen LogP contribution >= 0.6 is 0 Å². The molecule has 1 saturated heterocycles. The predicted octanol–water partition coefficient (Wildman–Crippen LogP) is 2.63. The molecule has 2 fully saturated rings. The van der Waals surface area contributed by atoms with Gasteiger partial charge in [0.1, 0.15) is 0 Å². The zero-order valence-corrected chi connectivity index (χ0v) is 14.1. The fourth-order valence-electron chi connectivity index (χ4n) is 3.31. The molecule has 24 heavy (non-hydrogen) atoms. The third-order valence-corrected chi connectivity index (χ3v) is 5.05. The van der Waals surface area contributed by atoms with Crippen molar-refractivity contribution in [2.24, 2.45) is 5.92 Å². The molecule has 1 aliphatic carbocycles. The highest BCUT2D eigenvalue weighted by Crippen LogP contribution is 2.39. The highest BCUT2D eigenvalue weighted by Gasteiger charge is 2.26. The van der Waals surface area contributed by atoms with Crippen LogP contribution in [0.25, 0.3) is 5.65 Å². The van der Waals surface area contributed by atoms with Crippen LogP contribution in [0.15, 0.2) is 18.3 Å². The first-order valence-electron chi connectivity index (χ1n) is 9.00. The van der Waals surface area contributed by atoms with Crippen LogP contribution in [0.2, 0.25) is 0 Å². The first-order valence-corrected chi connectivity index (χ1v) is 9.00. The van der Waals surface area contributed by atoms with E-state index in [9.17, 15) is 4.79 Å². The number of hydrogen-bond donors (Lipinski definition) is 0. The second kappa shape index (κ2) is 6.42. The van der Waals surface area contributed by atoms with Crippen LogP contribution in [-0.4, -0.2) is 45.1 Å². The van der Waals surface area contributed by atoms with Crippen molar-refractivity contribution in [1.82, 2.24) is 19.5 Å². The van der Waals surface area contributed by atoms with E-state index in [0.717, 1.165) is 37.3 Å². The summed E-state index contributed by atoms with van der Waals surface area (Å²) in [4.78, 5) is 18.3. The third-order valence-electron chi connectivity index (χ3n) is 5.05. The summed E-state index contributed by atoms with van der Waals surface area (Å²) in [7, 11) is 0. The zero-order valence-electron chi connectivity index (χ0n) is 14.1. The molecular weight excluding hydrogens is 304 g/mol. The number of piperidine rings is 1. The highest BCUT2D eigenvalue weighted by molar-refractivity contribution is 5.75. The van der Waals surface area contributed by atoms with Gasteiger partial charge in [0, 0.05) is 31.5 Å². The molecule has 0 bridgehead atoms. The van der Waals surface area contributed by atoms with E-state index in [1.54, 1.807) is 0 Å². The number of hydrogen-bond acceptors (Lipinski definition) is 4. The third kappa shape index (κ3) is 3.23. The lowest BCUT2D eigenvalue weighted by Gasteiger charge is -2.31. The van der Waals surface area contributed by atoms with E-state index < -0.39 is 0 Å². The van der Waals surface area contributed by atoms with Gasteiger partial charge >= 0.3 is 0 Å². The largest absolute Gasteiger partial charge is 0.476 e. The Hall–Kier alpha value is -2.11. The molecule has 0 aromatic carbocycles. The normalized spacial score (nSPS) is 19.0. The lowest BCUT2D eigenvalue weighted by molar-refractivity contribution is -0.132. The summed E-state index contributed by atoms with van der Waals surface area (Å²) in [5.74, 6) is 2.03. The lowest BCUT2D eigenvalue weighted by Crippen LogP contribution is -2.39. The van der Waals surface area contributed by atoms with Gasteiger partial charge in [0.2, 0.25) is 11.8 Å². The molecular formula is C18H24N4O2. The van der Waals surface area contributed by atoms with Crippen molar-refractivity contribution < 1.29 is 9.53 Å². The average Bonchev–Trinajstić information content (AvgIpc) is 3.39. The van der Waals surface area contributed by atoms with E-state index >= 15 is 0 Å². The number of aromatic nitrogens is 3. The van der Waals surface area contributed by atoms with Crippen LogP contribution in [0.3, 0.4) is 0 Å². The second-order valence-electron chi connectivity index (χ2n) is 6.90. The maximum atomic E-state index is 11.7. The Kier molecular flexibility index (Phi) is 4.12. The molecule has 0 N–H and O–H groups in total. The molecule has 2 aromatic rings. The summed E-state index contributed by atoms with van der Waals surface area (Å²) >= 11 is 0. The number of imidazole rings is 1. The van der Waals surface area contributed by atoms with E-state index in [0.29, 0.717) is 30.7 Å². The molecule has 3 heterocycles. The zero-order chi connectivity index (χ0) is 16.5. The molecule has 1 aliphatic heterocycles. The molecule has 6 nitrogen and oxygen atoms in total. The quantitative estimate of drug-likeness (QED) is 0.846. The first kappa shape index (κ1) is 15.4. The number of carbonyl (C=O) groups is 1. The Labute approximate surface area is 141 Å². The average molecular weight is 328 g/mol. The van der Waals surface area contributed by atoms with Crippen LogP contribution in [0, 0.1) is 5.92 Å². The minimum atomic E-state index is 0.257. The van der Waals surface area contributed by atoms with Crippen molar-refractivity contribution >= 4 is 11.6 Å². The molecule has 1 amide bonds.